The Morgan fingerprint density at radius 3 is 1.38 bits per heavy atom. The van der Waals surface area contributed by atoms with Crippen LogP contribution in [-0.4, -0.2) is 7.59 Å². The minimum atomic E-state index is -2.02. The third-order valence-corrected chi connectivity index (χ3v) is 8.05. The van der Waals surface area contributed by atoms with Crippen molar-refractivity contribution < 1.29 is 0 Å². The lowest BCUT2D eigenvalue weighted by Gasteiger charge is -2.34. The highest BCUT2D eigenvalue weighted by atomic mass is 35.6. The van der Waals surface area contributed by atoms with Crippen LogP contribution in [0.3, 0.4) is 0 Å². The molecule has 0 nitrogen and oxygen atoms in total. The average Bonchev–Trinajstić information content (AvgIpc) is 2.42. The summed E-state index contributed by atoms with van der Waals surface area (Å²) >= 11 is 60.9. The van der Waals surface area contributed by atoms with Crippen molar-refractivity contribution in [3.05, 3.63) is 41.8 Å². The van der Waals surface area contributed by atoms with E-state index in [0.29, 0.717) is 36.0 Å². The zero-order valence-corrected chi connectivity index (χ0v) is 19.4. The fourth-order valence-electron chi connectivity index (χ4n) is 2.05. The molecule has 0 unspecified atom stereocenters. The van der Waals surface area contributed by atoms with Crippen LogP contribution in [-0.2, 0) is 15.1 Å². The molecular formula is C14H11Cl10. The highest BCUT2D eigenvalue weighted by Crippen LogP contribution is 2.58. The maximum atomic E-state index is 6.33. The van der Waals surface area contributed by atoms with Gasteiger partial charge >= 0.3 is 0 Å². The summed E-state index contributed by atoms with van der Waals surface area (Å²) in [7, 11) is 0. The van der Waals surface area contributed by atoms with Crippen LogP contribution in [0.25, 0.3) is 0 Å². The fraction of sp³-hybridized carbons (Fsp3) is 0.500. The standard InChI is InChI=1S/C14H11Cl10/c1-2-3-5-8-9(11(15,16)13(19,20)21)6-4-7-10(8)12(17,18)14(22,23)24/h4,6-7H,1-3,5H2. The third-order valence-electron chi connectivity index (χ3n) is 3.24. The number of unbranched alkanes of at least 4 members (excludes halogenated alkanes) is 1. The van der Waals surface area contributed by atoms with E-state index < -0.39 is 16.3 Å². The minimum Gasteiger partial charge on any atom is -0.0915 e. The SMILES string of the molecule is [CH2]CCCc1c(C(Cl)(Cl)C(Cl)(Cl)Cl)cccc1C(Cl)(Cl)C(Cl)(Cl)Cl. The number of hydrogen-bond donors (Lipinski definition) is 0. The van der Waals surface area contributed by atoms with Gasteiger partial charge in [-0.05, 0) is 29.5 Å². The molecule has 1 rings (SSSR count). The van der Waals surface area contributed by atoms with E-state index in [1.54, 1.807) is 18.2 Å². The van der Waals surface area contributed by atoms with Gasteiger partial charge < -0.3 is 0 Å². The first kappa shape index (κ1) is 24.2. The second-order valence-corrected chi connectivity index (χ2v) is 12.2. The minimum absolute atomic E-state index is 0.316. The molecule has 0 atom stereocenters. The summed E-state index contributed by atoms with van der Waals surface area (Å²) in [5.41, 5.74) is 1.17. The van der Waals surface area contributed by atoms with Gasteiger partial charge in [0.15, 0.2) is 8.67 Å². The Kier molecular flexibility index (Phi) is 8.70. The van der Waals surface area contributed by atoms with Crippen molar-refractivity contribution in [1.82, 2.24) is 0 Å². The molecule has 0 saturated carbocycles. The molecule has 0 N–H and O–H groups in total. The lowest BCUT2D eigenvalue weighted by atomic mass is 9.92. The molecule has 0 fully saturated rings. The molecular weight excluding hydrogens is 523 g/mol. The average molecular weight is 534 g/mol. The first-order valence-corrected chi connectivity index (χ1v) is 10.3. The molecule has 0 aliphatic rings. The molecule has 0 heterocycles. The van der Waals surface area contributed by atoms with Crippen LogP contribution in [0.15, 0.2) is 18.2 Å². The normalized spacial score (nSPS) is 14.1. The van der Waals surface area contributed by atoms with Gasteiger partial charge in [-0.2, -0.15) is 0 Å². The van der Waals surface area contributed by atoms with Crippen molar-refractivity contribution in [3.63, 3.8) is 0 Å². The Labute approximate surface area is 191 Å². The molecule has 0 aromatic heterocycles. The van der Waals surface area contributed by atoms with E-state index in [0.717, 1.165) is 0 Å². The van der Waals surface area contributed by atoms with E-state index in [4.69, 9.17) is 116 Å². The van der Waals surface area contributed by atoms with Gasteiger partial charge in [-0.3, -0.25) is 0 Å². The lowest BCUT2D eigenvalue weighted by molar-refractivity contribution is 0.764. The van der Waals surface area contributed by atoms with Gasteiger partial charge in [0, 0.05) is 0 Å². The molecule has 1 aromatic rings. The van der Waals surface area contributed by atoms with Crippen LogP contribution in [0, 0.1) is 6.92 Å². The zero-order chi connectivity index (χ0) is 19.0. The number of benzene rings is 1. The summed E-state index contributed by atoms with van der Waals surface area (Å²) in [6, 6.07) is 4.79. The van der Waals surface area contributed by atoms with Gasteiger partial charge in [0.1, 0.15) is 0 Å². The number of halogens is 10. The predicted molar refractivity (Wildman–Crippen MR) is 112 cm³/mol. The monoisotopic (exact) mass is 529 g/mol. The quantitative estimate of drug-likeness (QED) is 0.332. The number of rotatable bonds is 5. The second kappa shape index (κ2) is 8.64. The maximum Gasteiger partial charge on any atom is 0.227 e. The Morgan fingerprint density at radius 2 is 1.08 bits per heavy atom. The van der Waals surface area contributed by atoms with Crippen LogP contribution in [0.1, 0.15) is 29.5 Å². The van der Waals surface area contributed by atoms with Crippen molar-refractivity contribution >= 4 is 116 Å². The van der Waals surface area contributed by atoms with Crippen LogP contribution >= 0.6 is 116 Å². The van der Waals surface area contributed by atoms with E-state index in [9.17, 15) is 0 Å². The molecule has 10 heteroatoms. The van der Waals surface area contributed by atoms with Gasteiger partial charge in [-0.15, -0.1) is 0 Å². The third kappa shape index (κ3) is 5.13. The Hall–Kier alpha value is 2.12. The largest absolute Gasteiger partial charge is 0.227 e. The molecule has 0 saturated heterocycles. The van der Waals surface area contributed by atoms with E-state index in [-0.39, 0.29) is 0 Å². The van der Waals surface area contributed by atoms with Gasteiger partial charge in [0.2, 0.25) is 7.59 Å². The molecule has 0 amide bonds. The Bertz CT molecular complexity index is 524. The predicted octanol–water partition coefficient (Wildman–Crippen LogP) is 8.84. The molecule has 0 aliphatic carbocycles. The van der Waals surface area contributed by atoms with Gasteiger partial charge in [0.25, 0.3) is 0 Å². The van der Waals surface area contributed by atoms with Crippen LogP contribution in [0.4, 0.5) is 0 Å². The first-order valence-electron chi connectivity index (χ1n) is 6.49. The van der Waals surface area contributed by atoms with Gasteiger partial charge in [0.05, 0.1) is 0 Å². The molecule has 24 heavy (non-hydrogen) atoms. The molecule has 1 aromatic carbocycles. The number of hydrogen-bond acceptors (Lipinski definition) is 0. The van der Waals surface area contributed by atoms with E-state index in [1.807, 2.05) is 0 Å². The molecule has 0 aliphatic heterocycles. The van der Waals surface area contributed by atoms with Crippen molar-refractivity contribution in [1.29, 1.82) is 0 Å². The summed E-state index contributed by atoms with van der Waals surface area (Å²) in [6.07, 6.45) is 1.74. The fourth-order valence-corrected chi connectivity index (χ4v) is 3.37. The first-order chi connectivity index (χ1) is 10.7. The summed E-state index contributed by atoms with van der Waals surface area (Å²) in [4.78, 5) is 0. The lowest BCUT2D eigenvalue weighted by Crippen LogP contribution is -2.33. The van der Waals surface area contributed by atoms with E-state index >= 15 is 0 Å². The molecule has 1 radical (unpaired) electrons. The Morgan fingerprint density at radius 1 is 0.708 bits per heavy atom. The maximum absolute atomic E-state index is 6.33. The zero-order valence-electron chi connectivity index (χ0n) is 11.8. The van der Waals surface area contributed by atoms with Gasteiger partial charge in [-0.1, -0.05) is 148 Å². The van der Waals surface area contributed by atoms with Crippen LogP contribution in [0.2, 0.25) is 0 Å². The highest BCUT2D eigenvalue weighted by molar-refractivity contribution is 6.76. The van der Waals surface area contributed by atoms with Crippen molar-refractivity contribution in [3.8, 4) is 0 Å². The van der Waals surface area contributed by atoms with Crippen molar-refractivity contribution in [2.24, 2.45) is 0 Å². The van der Waals surface area contributed by atoms with E-state index in [2.05, 4.69) is 6.92 Å². The summed E-state index contributed by atoms with van der Waals surface area (Å²) in [6.45, 7) is 3.79. The summed E-state index contributed by atoms with van der Waals surface area (Å²) < 4.78 is -7.78. The molecule has 0 spiro atoms. The topological polar surface area (TPSA) is 0 Å². The smallest absolute Gasteiger partial charge is 0.0915 e. The van der Waals surface area contributed by atoms with Crippen LogP contribution < -0.4 is 0 Å². The summed E-state index contributed by atoms with van der Waals surface area (Å²) in [5, 5.41) is 0. The molecule has 0 bridgehead atoms. The van der Waals surface area contributed by atoms with Crippen molar-refractivity contribution in [2.45, 2.75) is 35.5 Å². The van der Waals surface area contributed by atoms with E-state index in [1.165, 1.54) is 0 Å². The van der Waals surface area contributed by atoms with Gasteiger partial charge in [-0.25, -0.2) is 0 Å². The Balaban J connectivity index is 3.68. The van der Waals surface area contributed by atoms with Crippen LogP contribution in [0.5, 0.6) is 0 Å². The second-order valence-electron chi connectivity index (χ2n) is 4.93. The van der Waals surface area contributed by atoms with Crippen molar-refractivity contribution in [2.75, 3.05) is 0 Å². The molecule has 137 valence electrons. The highest BCUT2D eigenvalue weighted by Gasteiger charge is 2.52. The number of alkyl halides is 10. The summed E-state index contributed by atoms with van der Waals surface area (Å²) in [5.74, 6) is 0.